The lowest BCUT2D eigenvalue weighted by molar-refractivity contribution is 0.118. The van der Waals surface area contributed by atoms with Gasteiger partial charge in [0.05, 0.1) is 6.17 Å². The molecule has 0 aromatic heterocycles. The molecule has 1 aliphatic heterocycles. The highest BCUT2D eigenvalue weighted by molar-refractivity contribution is 4.80. The molecule has 0 aromatic rings. The summed E-state index contributed by atoms with van der Waals surface area (Å²) in [7, 11) is 2.10. The van der Waals surface area contributed by atoms with Crippen molar-refractivity contribution in [1.82, 2.24) is 4.90 Å². The van der Waals surface area contributed by atoms with Crippen LogP contribution in [0.2, 0.25) is 0 Å². The van der Waals surface area contributed by atoms with Crippen LogP contribution in [0.3, 0.4) is 0 Å². The Balaban J connectivity index is 2.44. The van der Waals surface area contributed by atoms with Gasteiger partial charge in [0.25, 0.3) is 0 Å². The molecule has 78 valence electrons. The van der Waals surface area contributed by atoms with Crippen LogP contribution in [-0.2, 0) is 0 Å². The van der Waals surface area contributed by atoms with E-state index in [0.717, 1.165) is 19.5 Å². The number of likely N-dealkylation sites (tertiary alicyclic amines) is 1. The standard InChI is InChI=1S/C10H21FN2/c1-8(11)5-10-7-13(2)4-3-9(10)6-12/h8-10H,3-7,12H2,1-2H3. The lowest BCUT2D eigenvalue weighted by Crippen LogP contribution is -2.41. The van der Waals surface area contributed by atoms with Crippen molar-refractivity contribution in [1.29, 1.82) is 0 Å². The molecule has 0 aliphatic carbocycles. The molecule has 3 heteroatoms. The van der Waals surface area contributed by atoms with E-state index in [9.17, 15) is 4.39 Å². The van der Waals surface area contributed by atoms with Gasteiger partial charge in [-0.05, 0) is 51.7 Å². The summed E-state index contributed by atoms with van der Waals surface area (Å²) in [5.41, 5.74) is 5.67. The van der Waals surface area contributed by atoms with Crippen LogP contribution in [0.25, 0.3) is 0 Å². The number of halogens is 1. The molecule has 3 atom stereocenters. The fourth-order valence-corrected chi connectivity index (χ4v) is 2.26. The van der Waals surface area contributed by atoms with Gasteiger partial charge < -0.3 is 10.6 Å². The van der Waals surface area contributed by atoms with E-state index in [4.69, 9.17) is 5.73 Å². The van der Waals surface area contributed by atoms with E-state index in [1.807, 2.05) is 0 Å². The van der Waals surface area contributed by atoms with Crippen molar-refractivity contribution in [2.45, 2.75) is 25.9 Å². The first-order valence-corrected chi connectivity index (χ1v) is 5.16. The Kier molecular flexibility index (Phi) is 4.13. The molecular formula is C10H21FN2. The minimum atomic E-state index is -0.689. The first kappa shape index (κ1) is 10.9. The van der Waals surface area contributed by atoms with Gasteiger partial charge in [0.15, 0.2) is 0 Å². The van der Waals surface area contributed by atoms with Gasteiger partial charge in [0.1, 0.15) is 0 Å². The van der Waals surface area contributed by atoms with Gasteiger partial charge >= 0.3 is 0 Å². The highest BCUT2D eigenvalue weighted by atomic mass is 19.1. The van der Waals surface area contributed by atoms with Crippen LogP contribution in [-0.4, -0.2) is 37.8 Å². The molecule has 1 heterocycles. The van der Waals surface area contributed by atoms with Crippen molar-refractivity contribution >= 4 is 0 Å². The van der Waals surface area contributed by atoms with Crippen LogP contribution >= 0.6 is 0 Å². The van der Waals surface area contributed by atoms with E-state index >= 15 is 0 Å². The minimum Gasteiger partial charge on any atom is -0.330 e. The zero-order valence-electron chi connectivity index (χ0n) is 8.67. The number of hydrogen-bond acceptors (Lipinski definition) is 2. The summed E-state index contributed by atoms with van der Waals surface area (Å²) in [6, 6.07) is 0. The molecule has 0 saturated carbocycles. The predicted octanol–water partition coefficient (Wildman–Crippen LogP) is 1.26. The quantitative estimate of drug-likeness (QED) is 0.722. The third kappa shape index (κ3) is 3.24. The van der Waals surface area contributed by atoms with E-state index in [1.54, 1.807) is 6.92 Å². The van der Waals surface area contributed by atoms with Crippen LogP contribution in [0.5, 0.6) is 0 Å². The predicted molar refractivity (Wildman–Crippen MR) is 53.3 cm³/mol. The number of alkyl halides is 1. The number of nitrogens with two attached hydrogens (primary N) is 1. The topological polar surface area (TPSA) is 29.3 Å². The maximum atomic E-state index is 12.9. The Labute approximate surface area is 80.3 Å². The summed E-state index contributed by atoms with van der Waals surface area (Å²) in [6.07, 6.45) is 1.11. The van der Waals surface area contributed by atoms with Crippen LogP contribution in [0, 0.1) is 11.8 Å². The molecule has 2 N–H and O–H groups in total. The lowest BCUT2D eigenvalue weighted by atomic mass is 9.82. The minimum absolute atomic E-state index is 0.462. The van der Waals surface area contributed by atoms with E-state index in [-0.39, 0.29) is 0 Å². The Morgan fingerprint density at radius 2 is 2.23 bits per heavy atom. The van der Waals surface area contributed by atoms with Gasteiger partial charge in [-0.2, -0.15) is 0 Å². The molecule has 13 heavy (non-hydrogen) atoms. The number of rotatable bonds is 3. The monoisotopic (exact) mass is 188 g/mol. The summed E-state index contributed by atoms with van der Waals surface area (Å²) >= 11 is 0. The number of piperidine rings is 1. The second-order valence-corrected chi connectivity index (χ2v) is 4.32. The van der Waals surface area contributed by atoms with Crippen LogP contribution in [0.1, 0.15) is 19.8 Å². The SMILES string of the molecule is CC(F)CC1CN(C)CCC1CN. The molecule has 0 spiro atoms. The van der Waals surface area contributed by atoms with Crippen molar-refractivity contribution < 1.29 is 4.39 Å². The third-order valence-electron chi connectivity index (χ3n) is 3.02. The molecular weight excluding hydrogens is 167 g/mol. The summed E-state index contributed by atoms with van der Waals surface area (Å²) in [5, 5.41) is 0. The summed E-state index contributed by atoms with van der Waals surface area (Å²) in [4.78, 5) is 2.28. The smallest absolute Gasteiger partial charge is 0.0976 e. The molecule has 1 rings (SSSR count). The fraction of sp³-hybridized carbons (Fsp3) is 1.00. The normalized spacial score (nSPS) is 33.2. The van der Waals surface area contributed by atoms with E-state index in [2.05, 4.69) is 11.9 Å². The molecule has 1 saturated heterocycles. The summed E-state index contributed by atoms with van der Waals surface area (Å²) in [6.45, 7) is 4.47. The summed E-state index contributed by atoms with van der Waals surface area (Å²) in [5.74, 6) is 0.998. The van der Waals surface area contributed by atoms with Crippen LogP contribution in [0.15, 0.2) is 0 Å². The zero-order chi connectivity index (χ0) is 9.84. The first-order chi connectivity index (χ1) is 6.13. The molecule has 0 aromatic carbocycles. The largest absolute Gasteiger partial charge is 0.330 e. The molecule has 1 aliphatic rings. The van der Waals surface area contributed by atoms with E-state index in [1.165, 1.54) is 0 Å². The van der Waals surface area contributed by atoms with Crippen molar-refractivity contribution in [2.75, 3.05) is 26.7 Å². The molecule has 2 nitrogen and oxygen atoms in total. The Morgan fingerprint density at radius 1 is 1.54 bits per heavy atom. The van der Waals surface area contributed by atoms with Gasteiger partial charge in [-0.15, -0.1) is 0 Å². The lowest BCUT2D eigenvalue weighted by Gasteiger charge is -2.36. The second kappa shape index (κ2) is 4.91. The van der Waals surface area contributed by atoms with E-state index < -0.39 is 6.17 Å². The maximum Gasteiger partial charge on any atom is 0.0976 e. The number of hydrogen-bond donors (Lipinski definition) is 1. The van der Waals surface area contributed by atoms with Crippen molar-refractivity contribution in [3.63, 3.8) is 0 Å². The Morgan fingerprint density at radius 3 is 2.77 bits per heavy atom. The Bertz CT molecular complexity index is 148. The molecule has 0 amide bonds. The summed E-state index contributed by atoms with van der Waals surface area (Å²) < 4.78 is 12.9. The molecule has 1 fully saturated rings. The first-order valence-electron chi connectivity index (χ1n) is 5.16. The average molecular weight is 188 g/mol. The van der Waals surface area contributed by atoms with Gasteiger partial charge in [0.2, 0.25) is 0 Å². The van der Waals surface area contributed by atoms with Crippen molar-refractivity contribution in [3.05, 3.63) is 0 Å². The molecule has 3 unspecified atom stereocenters. The molecule has 0 bridgehead atoms. The average Bonchev–Trinajstić information content (AvgIpc) is 2.03. The Hall–Kier alpha value is -0.150. The van der Waals surface area contributed by atoms with Crippen molar-refractivity contribution in [2.24, 2.45) is 17.6 Å². The third-order valence-corrected chi connectivity index (χ3v) is 3.02. The van der Waals surface area contributed by atoms with Crippen LogP contribution in [0.4, 0.5) is 4.39 Å². The van der Waals surface area contributed by atoms with Gasteiger partial charge in [-0.1, -0.05) is 0 Å². The van der Waals surface area contributed by atoms with Gasteiger partial charge in [-0.3, -0.25) is 0 Å². The maximum absolute atomic E-state index is 12.9. The van der Waals surface area contributed by atoms with Crippen LogP contribution < -0.4 is 5.73 Å². The van der Waals surface area contributed by atoms with Gasteiger partial charge in [-0.25, -0.2) is 4.39 Å². The highest BCUT2D eigenvalue weighted by Gasteiger charge is 2.27. The second-order valence-electron chi connectivity index (χ2n) is 4.32. The van der Waals surface area contributed by atoms with Gasteiger partial charge in [0, 0.05) is 6.54 Å². The van der Waals surface area contributed by atoms with E-state index in [0.29, 0.717) is 24.8 Å². The molecule has 0 radical (unpaired) electrons. The zero-order valence-corrected chi connectivity index (χ0v) is 8.67. The highest BCUT2D eigenvalue weighted by Crippen LogP contribution is 2.26. The van der Waals surface area contributed by atoms with Crippen molar-refractivity contribution in [3.8, 4) is 0 Å². The number of nitrogens with zero attached hydrogens (tertiary/aromatic N) is 1. The fourth-order valence-electron chi connectivity index (χ4n) is 2.26.